The number of aryl methyl sites for hydroxylation is 1. The van der Waals surface area contributed by atoms with Gasteiger partial charge in [0.2, 0.25) is 0 Å². The molecule has 0 heterocycles. The van der Waals surface area contributed by atoms with Gasteiger partial charge in [-0.15, -0.1) is 0 Å². The molecule has 19 heavy (non-hydrogen) atoms. The van der Waals surface area contributed by atoms with Gasteiger partial charge in [-0.1, -0.05) is 17.7 Å². The van der Waals surface area contributed by atoms with E-state index in [0.717, 1.165) is 11.6 Å². The summed E-state index contributed by atoms with van der Waals surface area (Å²) in [5.74, 6) is -1.31. The number of carboxylic acids is 1. The van der Waals surface area contributed by atoms with Crippen LogP contribution in [-0.4, -0.2) is 11.1 Å². The van der Waals surface area contributed by atoms with Gasteiger partial charge in [0.25, 0.3) is 0 Å². The molecule has 0 aliphatic rings. The summed E-state index contributed by atoms with van der Waals surface area (Å²) >= 11 is 3.01. The molecule has 3 nitrogen and oxygen atoms in total. The van der Waals surface area contributed by atoms with Crippen molar-refractivity contribution in [2.24, 2.45) is 0 Å². The minimum absolute atomic E-state index is 0.0876. The van der Waals surface area contributed by atoms with Crippen LogP contribution < -0.4 is 4.74 Å². The van der Waals surface area contributed by atoms with E-state index in [-0.39, 0.29) is 15.8 Å². The number of halogens is 2. The van der Waals surface area contributed by atoms with Gasteiger partial charge in [0.15, 0.2) is 0 Å². The van der Waals surface area contributed by atoms with Crippen LogP contribution >= 0.6 is 15.9 Å². The lowest BCUT2D eigenvalue weighted by Gasteiger charge is -2.10. The van der Waals surface area contributed by atoms with Gasteiger partial charge in [0.05, 0.1) is 4.47 Å². The molecule has 0 fully saturated rings. The summed E-state index contributed by atoms with van der Waals surface area (Å²) < 4.78 is 19.0. The summed E-state index contributed by atoms with van der Waals surface area (Å²) in [6.07, 6.45) is 0. The molecule has 0 aliphatic heterocycles. The summed E-state index contributed by atoms with van der Waals surface area (Å²) in [7, 11) is 0. The van der Waals surface area contributed by atoms with E-state index in [4.69, 9.17) is 9.84 Å². The van der Waals surface area contributed by atoms with E-state index in [2.05, 4.69) is 15.9 Å². The fourth-order valence-corrected chi connectivity index (χ4v) is 1.84. The zero-order chi connectivity index (χ0) is 14.0. The first kappa shape index (κ1) is 13.5. The first-order chi connectivity index (χ1) is 8.97. The maximum atomic E-state index is 13.3. The van der Waals surface area contributed by atoms with Crippen LogP contribution in [0.25, 0.3) is 0 Å². The lowest BCUT2D eigenvalue weighted by Crippen LogP contribution is -2.01. The Morgan fingerprint density at radius 1 is 1.26 bits per heavy atom. The van der Waals surface area contributed by atoms with Crippen molar-refractivity contribution in [1.29, 1.82) is 0 Å². The minimum Gasteiger partial charge on any atom is -0.478 e. The quantitative estimate of drug-likeness (QED) is 0.910. The second kappa shape index (κ2) is 5.40. The number of benzene rings is 2. The first-order valence-electron chi connectivity index (χ1n) is 5.44. The molecule has 0 unspecified atom stereocenters. The topological polar surface area (TPSA) is 46.5 Å². The van der Waals surface area contributed by atoms with Crippen LogP contribution in [0.1, 0.15) is 15.9 Å². The van der Waals surface area contributed by atoms with Crippen LogP contribution in [0.3, 0.4) is 0 Å². The summed E-state index contributed by atoms with van der Waals surface area (Å²) in [4.78, 5) is 11.1. The molecule has 2 rings (SSSR count). The van der Waals surface area contributed by atoms with Crippen LogP contribution in [0, 0.1) is 12.7 Å². The smallest absolute Gasteiger partial charge is 0.339 e. The number of carbonyl (C=O) groups is 1. The number of hydrogen-bond donors (Lipinski definition) is 1. The Morgan fingerprint density at radius 3 is 2.47 bits per heavy atom. The highest BCUT2D eigenvalue weighted by Crippen LogP contribution is 2.30. The molecule has 0 saturated heterocycles. The second-order valence-electron chi connectivity index (χ2n) is 3.98. The SMILES string of the molecule is Cc1ccc(Oc2cc(Br)c(F)cc2C(=O)O)cc1. The van der Waals surface area contributed by atoms with Gasteiger partial charge in [-0.2, -0.15) is 0 Å². The molecule has 0 spiro atoms. The highest BCUT2D eigenvalue weighted by Gasteiger charge is 2.16. The zero-order valence-corrected chi connectivity index (χ0v) is 11.6. The molecule has 0 atom stereocenters. The monoisotopic (exact) mass is 324 g/mol. The second-order valence-corrected chi connectivity index (χ2v) is 4.84. The Labute approximate surface area is 117 Å². The van der Waals surface area contributed by atoms with Crippen LogP contribution in [-0.2, 0) is 0 Å². The highest BCUT2D eigenvalue weighted by atomic mass is 79.9. The average Bonchev–Trinajstić information content (AvgIpc) is 2.36. The number of ether oxygens (including phenoxy) is 1. The van der Waals surface area contributed by atoms with Gasteiger partial charge < -0.3 is 9.84 Å². The molecule has 0 saturated carbocycles. The van der Waals surface area contributed by atoms with Crippen LogP contribution in [0.5, 0.6) is 11.5 Å². The van der Waals surface area contributed by atoms with E-state index in [9.17, 15) is 9.18 Å². The number of hydrogen-bond acceptors (Lipinski definition) is 2. The maximum Gasteiger partial charge on any atom is 0.339 e. The fourth-order valence-electron chi connectivity index (χ4n) is 1.51. The Hall–Kier alpha value is -1.88. The van der Waals surface area contributed by atoms with Crippen molar-refractivity contribution in [3.63, 3.8) is 0 Å². The van der Waals surface area contributed by atoms with Gasteiger partial charge in [-0.3, -0.25) is 0 Å². The summed E-state index contributed by atoms with van der Waals surface area (Å²) in [6, 6.07) is 9.35. The maximum absolute atomic E-state index is 13.3. The third-order valence-corrected chi connectivity index (χ3v) is 3.11. The standard InChI is InChI=1S/C14H10BrFO3/c1-8-2-4-9(5-3-8)19-13-7-11(15)12(16)6-10(13)14(17)18/h2-7H,1H3,(H,17,18). The van der Waals surface area contributed by atoms with Crippen molar-refractivity contribution in [3.05, 3.63) is 57.8 Å². The van der Waals surface area contributed by atoms with Gasteiger partial charge >= 0.3 is 5.97 Å². The van der Waals surface area contributed by atoms with Gasteiger partial charge in [0.1, 0.15) is 22.9 Å². The Balaban J connectivity index is 2.41. The molecule has 0 aromatic heterocycles. The van der Waals surface area contributed by atoms with Crippen molar-refractivity contribution in [3.8, 4) is 11.5 Å². The van der Waals surface area contributed by atoms with Crippen molar-refractivity contribution >= 4 is 21.9 Å². The van der Waals surface area contributed by atoms with Gasteiger partial charge in [0, 0.05) is 0 Å². The van der Waals surface area contributed by atoms with Crippen molar-refractivity contribution < 1.29 is 19.0 Å². The molecule has 0 bridgehead atoms. The fraction of sp³-hybridized carbons (Fsp3) is 0.0714. The molecular formula is C14H10BrFO3. The van der Waals surface area contributed by atoms with E-state index in [0.29, 0.717) is 5.75 Å². The first-order valence-corrected chi connectivity index (χ1v) is 6.23. The van der Waals surface area contributed by atoms with Crippen molar-refractivity contribution in [1.82, 2.24) is 0 Å². The number of aromatic carboxylic acids is 1. The lowest BCUT2D eigenvalue weighted by molar-refractivity contribution is 0.0693. The predicted octanol–water partition coefficient (Wildman–Crippen LogP) is 4.39. The molecule has 0 aliphatic carbocycles. The van der Waals surface area contributed by atoms with Crippen LogP contribution in [0.4, 0.5) is 4.39 Å². The van der Waals surface area contributed by atoms with Crippen LogP contribution in [0.2, 0.25) is 0 Å². The number of rotatable bonds is 3. The van der Waals surface area contributed by atoms with Crippen molar-refractivity contribution in [2.45, 2.75) is 6.92 Å². The van der Waals surface area contributed by atoms with Gasteiger partial charge in [-0.05, 0) is 47.1 Å². The van der Waals surface area contributed by atoms with Crippen LogP contribution in [0.15, 0.2) is 40.9 Å². The highest BCUT2D eigenvalue weighted by molar-refractivity contribution is 9.10. The Morgan fingerprint density at radius 2 is 1.89 bits per heavy atom. The zero-order valence-electron chi connectivity index (χ0n) is 9.98. The van der Waals surface area contributed by atoms with Gasteiger partial charge in [-0.25, -0.2) is 9.18 Å². The predicted molar refractivity (Wildman–Crippen MR) is 72.3 cm³/mol. The third-order valence-electron chi connectivity index (χ3n) is 2.50. The number of carboxylic acid groups (broad SMARTS) is 1. The van der Waals surface area contributed by atoms with E-state index in [1.807, 2.05) is 19.1 Å². The summed E-state index contributed by atoms with van der Waals surface area (Å²) in [5.41, 5.74) is 0.840. The summed E-state index contributed by atoms with van der Waals surface area (Å²) in [6.45, 7) is 1.93. The van der Waals surface area contributed by atoms with E-state index < -0.39 is 11.8 Å². The molecule has 98 valence electrons. The molecular weight excluding hydrogens is 315 g/mol. The average molecular weight is 325 g/mol. The molecule has 0 amide bonds. The van der Waals surface area contributed by atoms with E-state index in [1.54, 1.807) is 12.1 Å². The minimum atomic E-state index is -1.24. The third kappa shape index (κ3) is 3.12. The normalized spacial score (nSPS) is 10.3. The molecule has 0 radical (unpaired) electrons. The van der Waals surface area contributed by atoms with E-state index >= 15 is 0 Å². The Bertz CT molecular complexity index is 623. The van der Waals surface area contributed by atoms with E-state index in [1.165, 1.54) is 6.07 Å². The van der Waals surface area contributed by atoms with Crippen molar-refractivity contribution in [2.75, 3.05) is 0 Å². The Kier molecular flexibility index (Phi) is 3.85. The summed E-state index contributed by atoms with van der Waals surface area (Å²) in [5, 5.41) is 9.04. The lowest BCUT2D eigenvalue weighted by atomic mass is 10.2. The molecule has 2 aromatic carbocycles. The molecule has 2 aromatic rings. The molecule has 5 heteroatoms. The largest absolute Gasteiger partial charge is 0.478 e. The molecule has 1 N–H and O–H groups in total.